The predicted molar refractivity (Wildman–Crippen MR) is 81.9 cm³/mol. The van der Waals surface area contributed by atoms with E-state index >= 15 is 0 Å². The minimum absolute atomic E-state index is 0.335. The van der Waals surface area contributed by atoms with Crippen LogP contribution in [-0.2, 0) is 24.6 Å². The maximum absolute atomic E-state index is 5.79. The lowest BCUT2D eigenvalue weighted by Crippen LogP contribution is -2.44. The Bertz CT molecular complexity index is 412. The topological polar surface area (TPSA) is 39.1 Å². The van der Waals surface area contributed by atoms with Gasteiger partial charge in [0.1, 0.15) is 0 Å². The zero-order chi connectivity index (χ0) is 14.5. The van der Waals surface area contributed by atoms with Crippen molar-refractivity contribution in [3.05, 3.63) is 17.5 Å². The van der Waals surface area contributed by atoms with E-state index in [1.807, 2.05) is 18.8 Å². The number of methoxy groups -OCH3 is 1. The van der Waals surface area contributed by atoms with Gasteiger partial charge < -0.3 is 10.1 Å². The van der Waals surface area contributed by atoms with Crippen LogP contribution in [0.1, 0.15) is 44.5 Å². The first-order chi connectivity index (χ1) is 9.69. The molecule has 1 aliphatic carbocycles. The van der Waals surface area contributed by atoms with Crippen molar-refractivity contribution < 1.29 is 4.74 Å². The predicted octanol–water partition coefficient (Wildman–Crippen LogP) is 2.32. The number of rotatable bonds is 9. The van der Waals surface area contributed by atoms with Crippen LogP contribution in [0.3, 0.4) is 0 Å². The van der Waals surface area contributed by atoms with Gasteiger partial charge in [-0.05, 0) is 44.2 Å². The van der Waals surface area contributed by atoms with Crippen molar-refractivity contribution in [3.63, 3.8) is 0 Å². The summed E-state index contributed by atoms with van der Waals surface area (Å²) >= 11 is 0. The lowest BCUT2D eigenvalue weighted by atomic mass is 10.0. The van der Waals surface area contributed by atoms with Gasteiger partial charge in [0.2, 0.25) is 0 Å². The van der Waals surface area contributed by atoms with Crippen LogP contribution in [0.5, 0.6) is 0 Å². The third-order valence-corrected chi connectivity index (χ3v) is 4.23. The van der Waals surface area contributed by atoms with E-state index < -0.39 is 0 Å². The second-order valence-electron chi connectivity index (χ2n) is 5.91. The third-order valence-electron chi connectivity index (χ3n) is 4.23. The van der Waals surface area contributed by atoms with Gasteiger partial charge in [-0.15, -0.1) is 0 Å². The summed E-state index contributed by atoms with van der Waals surface area (Å²) in [5, 5.41) is 8.23. The van der Waals surface area contributed by atoms with Crippen molar-refractivity contribution in [2.45, 2.75) is 58.1 Å². The number of nitrogens with one attached hydrogen (secondary N) is 1. The van der Waals surface area contributed by atoms with E-state index in [0.29, 0.717) is 12.1 Å². The second-order valence-corrected chi connectivity index (χ2v) is 5.91. The molecule has 1 aliphatic rings. The van der Waals surface area contributed by atoms with Gasteiger partial charge in [0.05, 0.1) is 11.8 Å². The number of hydrogen-bond acceptors (Lipinski definition) is 3. The van der Waals surface area contributed by atoms with Crippen LogP contribution < -0.4 is 5.32 Å². The average molecular weight is 279 g/mol. The molecule has 0 saturated heterocycles. The number of hydrogen-bond donors (Lipinski definition) is 1. The van der Waals surface area contributed by atoms with Crippen LogP contribution in [0.4, 0.5) is 0 Å². The van der Waals surface area contributed by atoms with E-state index in [-0.39, 0.29) is 0 Å². The molecule has 4 heteroatoms. The Balaban J connectivity index is 2.07. The number of aryl methyl sites for hydroxylation is 2. The number of ether oxygens (including phenoxy) is 1. The molecule has 20 heavy (non-hydrogen) atoms. The molecule has 2 unspecified atom stereocenters. The fourth-order valence-corrected chi connectivity index (χ4v) is 2.90. The summed E-state index contributed by atoms with van der Waals surface area (Å²) in [6.07, 6.45) is 6.11. The average Bonchev–Trinajstić information content (AvgIpc) is 3.21. The molecular formula is C16H29N3O. The van der Waals surface area contributed by atoms with Crippen LogP contribution >= 0.6 is 0 Å². The van der Waals surface area contributed by atoms with Crippen LogP contribution in [0.2, 0.25) is 0 Å². The maximum atomic E-state index is 5.79. The van der Waals surface area contributed by atoms with Crippen LogP contribution in [-0.4, -0.2) is 35.6 Å². The van der Waals surface area contributed by atoms with E-state index in [4.69, 9.17) is 4.74 Å². The van der Waals surface area contributed by atoms with Gasteiger partial charge >= 0.3 is 0 Å². The number of nitrogens with zero attached hydrogens (tertiary/aromatic N) is 2. The van der Waals surface area contributed by atoms with Crippen molar-refractivity contribution in [1.29, 1.82) is 0 Å². The minimum atomic E-state index is 0.335. The van der Waals surface area contributed by atoms with Crippen molar-refractivity contribution in [3.8, 4) is 0 Å². The minimum Gasteiger partial charge on any atom is -0.380 e. The molecule has 0 aliphatic heterocycles. The summed E-state index contributed by atoms with van der Waals surface area (Å²) in [5.74, 6) is 0.744. The summed E-state index contributed by atoms with van der Waals surface area (Å²) in [7, 11) is 3.90. The van der Waals surface area contributed by atoms with Gasteiger partial charge in [0.25, 0.3) is 0 Å². The Morgan fingerprint density at radius 3 is 2.70 bits per heavy atom. The molecule has 2 atom stereocenters. The van der Waals surface area contributed by atoms with Gasteiger partial charge in [0.15, 0.2) is 0 Å². The Kier molecular flexibility index (Phi) is 5.61. The van der Waals surface area contributed by atoms with Crippen molar-refractivity contribution in [2.24, 2.45) is 13.0 Å². The molecule has 0 amide bonds. The summed E-state index contributed by atoms with van der Waals surface area (Å²) in [5.41, 5.74) is 2.48. The normalized spacial score (nSPS) is 18.2. The highest BCUT2D eigenvalue weighted by Crippen LogP contribution is 2.36. The fourth-order valence-electron chi connectivity index (χ4n) is 2.90. The van der Waals surface area contributed by atoms with E-state index in [2.05, 4.69) is 30.3 Å². The van der Waals surface area contributed by atoms with E-state index in [1.165, 1.54) is 24.2 Å². The van der Waals surface area contributed by atoms with E-state index in [1.54, 1.807) is 0 Å². The zero-order valence-corrected chi connectivity index (χ0v) is 13.4. The SMILES string of the molecule is CCCNC(Cc1cc(CC)nn1C)C(OC)C1CC1. The summed E-state index contributed by atoms with van der Waals surface area (Å²) in [6.45, 7) is 5.42. The molecule has 1 N–H and O–H groups in total. The lowest BCUT2D eigenvalue weighted by Gasteiger charge is -2.27. The third kappa shape index (κ3) is 3.83. The zero-order valence-electron chi connectivity index (χ0n) is 13.4. The molecule has 0 spiro atoms. The van der Waals surface area contributed by atoms with Crippen LogP contribution in [0.15, 0.2) is 6.07 Å². The summed E-state index contributed by atoms with van der Waals surface area (Å²) < 4.78 is 7.81. The molecule has 0 bridgehead atoms. The lowest BCUT2D eigenvalue weighted by molar-refractivity contribution is 0.0506. The Morgan fingerprint density at radius 2 is 2.20 bits per heavy atom. The first-order valence-electron chi connectivity index (χ1n) is 7.97. The molecular weight excluding hydrogens is 250 g/mol. The van der Waals surface area contributed by atoms with Crippen LogP contribution in [0, 0.1) is 5.92 Å². The highest BCUT2D eigenvalue weighted by atomic mass is 16.5. The molecule has 1 aromatic heterocycles. The first kappa shape index (κ1) is 15.5. The quantitative estimate of drug-likeness (QED) is 0.754. The van der Waals surface area contributed by atoms with Gasteiger partial charge in [-0.3, -0.25) is 4.68 Å². The van der Waals surface area contributed by atoms with Crippen LogP contribution in [0.25, 0.3) is 0 Å². The Morgan fingerprint density at radius 1 is 1.45 bits per heavy atom. The van der Waals surface area contributed by atoms with Gasteiger partial charge in [-0.25, -0.2) is 0 Å². The molecule has 0 aromatic carbocycles. The highest BCUT2D eigenvalue weighted by molar-refractivity contribution is 5.12. The fraction of sp³-hybridized carbons (Fsp3) is 0.812. The summed E-state index contributed by atoms with van der Waals surface area (Å²) in [6, 6.07) is 2.63. The van der Waals surface area contributed by atoms with Gasteiger partial charge in [0, 0.05) is 32.3 Å². The molecule has 4 nitrogen and oxygen atoms in total. The van der Waals surface area contributed by atoms with E-state index in [9.17, 15) is 0 Å². The van der Waals surface area contributed by atoms with Crippen molar-refractivity contribution in [2.75, 3.05) is 13.7 Å². The highest BCUT2D eigenvalue weighted by Gasteiger charge is 2.36. The molecule has 1 aromatic rings. The Hall–Kier alpha value is -0.870. The molecule has 1 fully saturated rings. The van der Waals surface area contributed by atoms with Crippen molar-refractivity contribution in [1.82, 2.24) is 15.1 Å². The van der Waals surface area contributed by atoms with Gasteiger partial charge in [-0.1, -0.05) is 13.8 Å². The Labute approximate surface area is 122 Å². The smallest absolute Gasteiger partial charge is 0.0756 e. The maximum Gasteiger partial charge on any atom is 0.0756 e. The van der Waals surface area contributed by atoms with Crippen molar-refractivity contribution >= 4 is 0 Å². The van der Waals surface area contributed by atoms with E-state index in [0.717, 1.165) is 31.7 Å². The second kappa shape index (κ2) is 7.23. The molecule has 2 rings (SSSR count). The van der Waals surface area contributed by atoms with Gasteiger partial charge in [-0.2, -0.15) is 5.10 Å². The monoisotopic (exact) mass is 279 g/mol. The standard InChI is InChI=1S/C16H29N3O/c1-5-9-17-15(16(20-4)12-7-8-12)11-14-10-13(6-2)18-19(14)3/h10,12,15-17H,5-9,11H2,1-4H3. The molecule has 1 heterocycles. The number of aromatic nitrogens is 2. The largest absolute Gasteiger partial charge is 0.380 e. The first-order valence-corrected chi connectivity index (χ1v) is 7.97. The molecule has 1 saturated carbocycles. The molecule has 114 valence electrons. The summed E-state index contributed by atoms with van der Waals surface area (Å²) in [4.78, 5) is 0. The molecule has 0 radical (unpaired) electrons.